The van der Waals surface area contributed by atoms with Gasteiger partial charge in [0, 0.05) is 19.5 Å². The molecule has 0 saturated carbocycles. The highest BCUT2D eigenvalue weighted by molar-refractivity contribution is 5.92. The Morgan fingerprint density at radius 3 is 2.62 bits per heavy atom. The highest BCUT2D eigenvalue weighted by Crippen LogP contribution is 2.17. The second-order valence-electron chi connectivity index (χ2n) is 3.05. The van der Waals surface area contributed by atoms with Gasteiger partial charge >= 0.3 is 6.18 Å². The predicted octanol–water partition coefficient (Wildman–Crippen LogP) is 1.76. The molecule has 7 heteroatoms. The molecule has 1 aromatic rings. The fourth-order valence-corrected chi connectivity index (χ4v) is 1.10. The van der Waals surface area contributed by atoms with E-state index < -0.39 is 18.6 Å². The van der Waals surface area contributed by atoms with Gasteiger partial charge in [-0.15, -0.1) is 0 Å². The van der Waals surface area contributed by atoms with Gasteiger partial charge in [-0.3, -0.25) is 4.79 Å². The van der Waals surface area contributed by atoms with Crippen molar-refractivity contribution in [2.24, 2.45) is 0 Å². The SMILES string of the molecule is [CH]c1cc(C(=O)N(CC)CC(F)(F)F)no1. The van der Waals surface area contributed by atoms with E-state index in [1.54, 1.807) is 0 Å². The summed E-state index contributed by atoms with van der Waals surface area (Å²) in [5.41, 5.74) is -0.233. The van der Waals surface area contributed by atoms with Crippen LogP contribution in [0.5, 0.6) is 0 Å². The summed E-state index contributed by atoms with van der Waals surface area (Å²) in [7, 11) is 0. The Bertz CT molecular complexity index is 373. The molecular weight excluding hydrogens is 225 g/mol. The van der Waals surface area contributed by atoms with Crippen LogP contribution in [0.2, 0.25) is 0 Å². The first-order valence-corrected chi connectivity index (χ1v) is 4.41. The van der Waals surface area contributed by atoms with Crippen LogP contribution in [0.1, 0.15) is 23.2 Å². The summed E-state index contributed by atoms with van der Waals surface area (Å²) in [5, 5.41) is 3.26. The standard InChI is InChI=1S/C9H9F3N2O2/c1-3-14(5-9(10,11)12)8(15)7-4-6(2)16-13-7/h2,4H,3,5H2,1H3. The summed E-state index contributed by atoms with van der Waals surface area (Å²) in [6.45, 7) is 5.20. The van der Waals surface area contributed by atoms with E-state index in [9.17, 15) is 18.0 Å². The Labute approximate surface area is 90.0 Å². The summed E-state index contributed by atoms with van der Waals surface area (Å²) >= 11 is 0. The van der Waals surface area contributed by atoms with Gasteiger partial charge in [-0.2, -0.15) is 13.2 Å². The second-order valence-corrected chi connectivity index (χ2v) is 3.05. The number of hydrogen-bond donors (Lipinski definition) is 0. The summed E-state index contributed by atoms with van der Waals surface area (Å²) in [5.74, 6) is -0.980. The molecule has 0 fully saturated rings. The smallest absolute Gasteiger partial charge is 0.360 e. The summed E-state index contributed by atoms with van der Waals surface area (Å²) in [4.78, 5) is 12.1. The maximum absolute atomic E-state index is 12.1. The van der Waals surface area contributed by atoms with Gasteiger partial charge in [0.2, 0.25) is 0 Å². The predicted molar refractivity (Wildman–Crippen MR) is 47.5 cm³/mol. The average Bonchev–Trinajstić information content (AvgIpc) is 2.58. The number of alkyl halides is 3. The summed E-state index contributed by atoms with van der Waals surface area (Å²) in [6.07, 6.45) is -4.44. The first-order valence-electron chi connectivity index (χ1n) is 4.41. The zero-order valence-corrected chi connectivity index (χ0v) is 8.41. The third-order valence-electron chi connectivity index (χ3n) is 1.79. The normalized spacial score (nSPS) is 11.6. The molecule has 1 rings (SSSR count). The molecule has 0 aliphatic heterocycles. The molecule has 1 amide bonds. The minimum Gasteiger partial charge on any atom is -0.360 e. The van der Waals surface area contributed by atoms with E-state index in [0.717, 1.165) is 6.07 Å². The molecule has 0 aliphatic rings. The molecule has 0 bridgehead atoms. The number of rotatable bonds is 3. The Morgan fingerprint density at radius 2 is 2.25 bits per heavy atom. The Morgan fingerprint density at radius 1 is 1.62 bits per heavy atom. The lowest BCUT2D eigenvalue weighted by atomic mass is 10.3. The first kappa shape index (κ1) is 12.5. The lowest BCUT2D eigenvalue weighted by Gasteiger charge is -2.20. The van der Waals surface area contributed by atoms with Crippen LogP contribution in [0.15, 0.2) is 10.6 Å². The van der Waals surface area contributed by atoms with Crippen LogP contribution < -0.4 is 0 Å². The van der Waals surface area contributed by atoms with Crippen LogP contribution in [-0.4, -0.2) is 35.2 Å². The molecule has 4 nitrogen and oxygen atoms in total. The van der Waals surface area contributed by atoms with E-state index >= 15 is 0 Å². The lowest BCUT2D eigenvalue weighted by molar-refractivity contribution is -0.140. The zero-order chi connectivity index (χ0) is 12.3. The van der Waals surface area contributed by atoms with E-state index in [-0.39, 0.29) is 18.0 Å². The van der Waals surface area contributed by atoms with E-state index in [0.29, 0.717) is 4.90 Å². The van der Waals surface area contributed by atoms with Crippen LogP contribution in [0, 0.1) is 6.92 Å². The van der Waals surface area contributed by atoms with Gasteiger partial charge in [-0.1, -0.05) is 5.16 Å². The topological polar surface area (TPSA) is 46.3 Å². The number of halogens is 3. The molecule has 0 atom stereocenters. The van der Waals surface area contributed by atoms with Gasteiger partial charge in [-0.05, 0) is 6.92 Å². The van der Waals surface area contributed by atoms with E-state index in [2.05, 4.69) is 9.68 Å². The molecule has 2 radical (unpaired) electrons. The van der Waals surface area contributed by atoms with Crippen molar-refractivity contribution in [3.05, 3.63) is 24.4 Å². The molecule has 0 aliphatic carbocycles. The van der Waals surface area contributed by atoms with Crippen LogP contribution in [0.3, 0.4) is 0 Å². The maximum atomic E-state index is 12.1. The second kappa shape index (κ2) is 4.54. The molecule has 0 aromatic carbocycles. The summed E-state index contributed by atoms with van der Waals surface area (Å²) < 4.78 is 40.7. The fourth-order valence-electron chi connectivity index (χ4n) is 1.10. The average molecular weight is 234 g/mol. The quantitative estimate of drug-likeness (QED) is 0.800. The van der Waals surface area contributed by atoms with Gasteiger partial charge in [0.1, 0.15) is 12.3 Å². The largest absolute Gasteiger partial charge is 0.406 e. The number of amides is 1. The van der Waals surface area contributed by atoms with Gasteiger partial charge in [-0.25, -0.2) is 0 Å². The monoisotopic (exact) mass is 234 g/mol. The number of aromatic nitrogens is 1. The minimum absolute atomic E-state index is 0.0783. The Hall–Kier alpha value is -1.53. The fraction of sp³-hybridized carbons (Fsp3) is 0.444. The number of hydrogen-bond acceptors (Lipinski definition) is 3. The molecule has 0 spiro atoms. The van der Waals surface area contributed by atoms with Crippen LogP contribution in [0.25, 0.3) is 0 Å². The highest BCUT2D eigenvalue weighted by Gasteiger charge is 2.33. The lowest BCUT2D eigenvalue weighted by Crippen LogP contribution is -2.38. The number of nitrogens with zero attached hydrogens (tertiary/aromatic N) is 2. The first-order chi connectivity index (χ1) is 7.33. The van der Waals surface area contributed by atoms with E-state index in [4.69, 9.17) is 6.92 Å². The van der Waals surface area contributed by atoms with Crippen LogP contribution in [-0.2, 0) is 0 Å². The van der Waals surface area contributed by atoms with Gasteiger partial charge in [0.05, 0.1) is 0 Å². The van der Waals surface area contributed by atoms with E-state index in [1.165, 1.54) is 6.92 Å². The van der Waals surface area contributed by atoms with Crippen LogP contribution in [0.4, 0.5) is 13.2 Å². The van der Waals surface area contributed by atoms with Crippen LogP contribution >= 0.6 is 0 Å². The van der Waals surface area contributed by atoms with Gasteiger partial charge < -0.3 is 9.42 Å². The van der Waals surface area contributed by atoms with Crippen molar-refractivity contribution < 1.29 is 22.5 Å². The Balaban J connectivity index is 2.78. The molecular formula is C9H9F3N2O2. The van der Waals surface area contributed by atoms with E-state index in [1.807, 2.05) is 0 Å². The summed E-state index contributed by atoms with van der Waals surface area (Å²) in [6, 6.07) is 1.08. The molecule has 0 N–H and O–H groups in total. The van der Waals surface area contributed by atoms with Gasteiger partial charge in [0.15, 0.2) is 5.69 Å². The molecule has 1 heterocycles. The molecule has 0 saturated heterocycles. The van der Waals surface area contributed by atoms with Crippen molar-refractivity contribution >= 4 is 5.91 Å². The van der Waals surface area contributed by atoms with Crippen molar-refractivity contribution in [3.63, 3.8) is 0 Å². The molecule has 0 unspecified atom stereocenters. The van der Waals surface area contributed by atoms with Crippen molar-refractivity contribution in [1.29, 1.82) is 0 Å². The highest BCUT2D eigenvalue weighted by atomic mass is 19.4. The van der Waals surface area contributed by atoms with Crippen molar-refractivity contribution in [1.82, 2.24) is 10.1 Å². The molecule has 16 heavy (non-hydrogen) atoms. The van der Waals surface area contributed by atoms with Crippen molar-refractivity contribution in [3.8, 4) is 0 Å². The minimum atomic E-state index is -4.44. The Kier molecular flexibility index (Phi) is 3.56. The molecule has 88 valence electrons. The third kappa shape index (κ3) is 3.25. The van der Waals surface area contributed by atoms with Crippen molar-refractivity contribution in [2.45, 2.75) is 13.1 Å². The zero-order valence-electron chi connectivity index (χ0n) is 8.41. The van der Waals surface area contributed by atoms with Crippen molar-refractivity contribution in [2.75, 3.05) is 13.1 Å². The third-order valence-corrected chi connectivity index (χ3v) is 1.79. The molecule has 1 aromatic heterocycles. The number of carbonyl (C=O) groups is 1. The maximum Gasteiger partial charge on any atom is 0.406 e. The van der Waals surface area contributed by atoms with Gasteiger partial charge in [0.25, 0.3) is 5.91 Å². The number of carbonyl (C=O) groups excluding carboxylic acids is 1.